The van der Waals surface area contributed by atoms with Crippen molar-refractivity contribution in [3.8, 4) is 0 Å². The van der Waals surface area contributed by atoms with E-state index in [0.29, 0.717) is 32.5 Å². The van der Waals surface area contributed by atoms with Crippen molar-refractivity contribution in [2.75, 3.05) is 13.1 Å². The monoisotopic (exact) mass is 373 g/mol. The number of carbonyl (C=O) groups is 2. The van der Waals surface area contributed by atoms with Gasteiger partial charge in [-0.05, 0) is 41.3 Å². The molecule has 0 radical (unpaired) electrons. The van der Waals surface area contributed by atoms with Gasteiger partial charge in [-0.3, -0.25) is 14.6 Å². The van der Waals surface area contributed by atoms with E-state index in [4.69, 9.17) is 0 Å². The summed E-state index contributed by atoms with van der Waals surface area (Å²) in [5, 5.41) is 5.03. The predicted octanol–water partition coefficient (Wildman–Crippen LogP) is 3.40. The van der Waals surface area contributed by atoms with Crippen LogP contribution in [0.2, 0.25) is 0 Å². The van der Waals surface area contributed by atoms with E-state index in [-0.39, 0.29) is 17.7 Å². The summed E-state index contributed by atoms with van der Waals surface area (Å²) in [6.45, 7) is 1.70. The van der Waals surface area contributed by atoms with Crippen molar-refractivity contribution in [3.63, 3.8) is 0 Å². The predicted molar refractivity (Wildman–Crippen MR) is 109 cm³/mol. The summed E-state index contributed by atoms with van der Waals surface area (Å²) in [6.07, 6.45) is 4.85. The summed E-state index contributed by atoms with van der Waals surface area (Å²) in [5.74, 6) is 0.0559. The van der Waals surface area contributed by atoms with Crippen molar-refractivity contribution in [1.29, 1.82) is 0 Å². The standard InChI is InChI=1S/C23H23N3O2/c27-22(25-16-17-5-4-12-24-15-17)19-10-13-26(14-11-19)23(28)21-9-3-7-18-6-1-2-8-20(18)21/h1-9,12,15,19H,10-11,13-14,16H2,(H,25,27). The highest BCUT2D eigenvalue weighted by molar-refractivity contribution is 6.07. The molecule has 0 spiro atoms. The zero-order valence-electron chi connectivity index (χ0n) is 15.7. The molecule has 2 heterocycles. The van der Waals surface area contributed by atoms with Crippen LogP contribution in [0, 0.1) is 5.92 Å². The number of hydrogen-bond donors (Lipinski definition) is 1. The maximum atomic E-state index is 13.0. The lowest BCUT2D eigenvalue weighted by atomic mass is 9.94. The molecule has 2 amide bonds. The molecule has 1 aromatic heterocycles. The number of amides is 2. The SMILES string of the molecule is O=C(NCc1cccnc1)C1CCN(C(=O)c2cccc3ccccc23)CC1. The Bertz CT molecular complexity index is 974. The molecule has 142 valence electrons. The molecule has 0 saturated carbocycles. The Morgan fingerprint density at radius 1 is 1.00 bits per heavy atom. The first-order valence-electron chi connectivity index (χ1n) is 9.66. The van der Waals surface area contributed by atoms with Crippen molar-refractivity contribution >= 4 is 22.6 Å². The van der Waals surface area contributed by atoms with E-state index in [1.54, 1.807) is 12.4 Å². The van der Waals surface area contributed by atoms with E-state index in [2.05, 4.69) is 10.3 Å². The second-order valence-corrected chi connectivity index (χ2v) is 7.17. The van der Waals surface area contributed by atoms with E-state index < -0.39 is 0 Å². The number of hydrogen-bond acceptors (Lipinski definition) is 3. The van der Waals surface area contributed by atoms with Crippen molar-refractivity contribution in [3.05, 3.63) is 78.1 Å². The van der Waals surface area contributed by atoms with Gasteiger partial charge in [-0.2, -0.15) is 0 Å². The number of likely N-dealkylation sites (tertiary alicyclic amines) is 1. The molecular weight excluding hydrogens is 350 g/mol. The lowest BCUT2D eigenvalue weighted by molar-refractivity contribution is -0.126. The van der Waals surface area contributed by atoms with Crippen molar-refractivity contribution in [2.45, 2.75) is 19.4 Å². The number of piperidine rings is 1. The van der Waals surface area contributed by atoms with Gasteiger partial charge in [-0.25, -0.2) is 0 Å². The molecule has 3 aromatic rings. The van der Waals surface area contributed by atoms with Gasteiger partial charge >= 0.3 is 0 Å². The normalized spacial score (nSPS) is 14.8. The van der Waals surface area contributed by atoms with Crippen LogP contribution in [-0.2, 0) is 11.3 Å². The topological polar surface area (TPSA) is 62.3 Å². The van der Waals surface area contributed by atoms with Crippen LogP contribution >= 0.6 is 0 Å². The van der Waals surface area contributed by atoms with Crippen LogP contribution < -0.4 is 5.32 Å². The fourth-order valence-corrected chi connectivity index (χ4v) is 3.76. The lowest BCUT2D eigenvalue weighted by Crippen LogP contribution is -2.43. The fraction of sp³-hybridized carbons (Fsp3) is 0.261. The van der Waals surface area contributed by atoms with Gasteiger partial charge in [0, 0.05) is 43.5 Å². The third-order valence-corrected chi connectivity index (χ3v) is 5.36. The van der Waals surface area contributed by atoms with Gasteiger partial charge in [-0.1, -0.05) is 42.5 Å². The van der Waals surface area contributed by atoms with Gasteiger partial charge in [0.15, 0.2) is 0 Å². The van der Waals surface area contributed by atoms with Crippen LogP contribution in [0.4, 0.5) is 0 Å². The average molecular weight is 373 g/mol. The number of nitrogens with zero attached hydrogens (tertiary/aromatic N) is 2. The van der Waals surface area contributed by atoms with E-state index in [1.807, 2.05) is 59.5 Å². The molecule has 5 nitrogen and oxygen atoms in total. The van der Waals surface area contributed by atoms with Crippen molar-refractivity contribution in [2.24, 2.45) is 5.92 Å². The molecule has 1 saturated heterocycles. The average Bonchev–Trinajstić information content (AvgIpc) is 2.77. The van der Waals surface area contributed by atoms with Gasteiger partial charge in [0.2, 0.25) is 5.91 Å². The lowest BCUT2D eigenvalue weighted by Gasteiger charge is -2.31. The number of pyridine rings is 1. The molecule has 2 aromatic carbocycles. The molecule has 5 heteroatoms. The maximum absolute atomic E-state index is 13.0. The van der Waals surface area contributed by atoms with Crippen LogP contribution in [0.25, 0.3) is 10.8 Å². The number of carbonyl (C=O) groups excluding carboxylic acids is 2. The second-order valence-electron chi connectivity index (χ2n) is 7.17. The number of nitrogens with one attached hydrogen (secondary N) is 1. The Labute approximate surface area is 164 Å². The molecule has 28 heavy (non-hydrogen) atoms. The van der Waals surface area contributed by atoms with Crippen LogP contribution in [-0.4, -0.2) is 34.8 Å². The van der Waals surface area contributed by atoms with Crippen LogP contribution in [0.15, 0.2) is 67.0 Å². The molecule has 1 fully saturated rings. The van der Waals surface area contributed by atoms with Crippen LogP contribution in [0.5, 0.6) is 0 Å². The molecule has 1 aliphatic rings. The second kappa shape index (κ2) is 8.21. The van der Waals surface area contributed by atoms with Crippen LogP contribution in [0.1, 0.15) is 28.8 Å². The minimum atomic E-state index is -0.0479. The van der Waals surface area contributed by atoms with E-state index in [0.717, 1.165) is 21.9 Å². The summed E-state index contributed by atoms with van der Waals surface area (Å²) in [4.78, 5) is 31.4. The first-order valence-corrected chi connectivity index (χ1v) is 9.66. The van der Waals surface area contributed by atoms with Gasteiger partial charge in [-0.15, -0.1) is 0 Å². The highest BCUT2D eigenvalue weighted by Crippen LogP contribution is 2.23. The Morgan fingerprint density at radius 2 is 1.79 bits per heavy atom. The number of fused-ring (bicyclic) bond motifs is 1. The zero-order chi connectivity index (χ0) is 19.3. The first-order chi connectivity index (χ1) is 13.7. The Balaban J connectivity index is 1.36. The third kappa shape index (κ3) is 3.88. The maximum Gasteiger partial charge on any atom is 0.254 e. The summed E-state index contributed by atoms with van der Waals surface area (Å²) in [5.41, 5.74) is 1.72. The van der Waals surface area contributed by atoms with Gasteiger partial charge < -0.3 is 10.2 Å². The fourth-order valence-electron chi connectivity index (χ4n) is 3.76. The van der Waals surface area contributed by atoms with Crippen molar-refractivity contribution < 1.29 is 9.59 Å². The molecule has 0 unspecified atom stereocenters. The van der Waals surface area contributed by atoms with E-state index in [9.17, 15) is 9.59 Å². The van der Waals surface area contributed by atoms with Crippen LogP contribution in [0.3, 0.4) is 0 Å². The summed E-state index contributed by atoms with van der Waals surface area (Å²) in [7, 11) is 0. The molecular formula is C23H23N3O2. The molecule has 4 rings (SSSR count). The highest BCUT2D eigenvalue weighted by atomic mass is 16.2. The summed E-state index contributed by atoms with van der Waals surface area (Å²) >= 11 is 0. The Kier molecular flexibility index (Phi) is 5.33. The molecule has 1 N–H and O–H groups in total. The zero-order valence-corrected chi connectivity index (χ0v) is 15.7. The van der Waals surface area contributed by atoms with Crippen molar-refractivity contribution in [1.82, 2.24) is 15.2 Å². The van der Waals surface area contributed by atoms with E-state index >= 15 is 0 Å². The van der Waals surface area contributed by atoms with Gasteiger partial charge in [0.05, 0.1) is 0 Å². The highest BCUT2D eigenvalue weighted by Gasteiger charge is 2.28. The Morgan fingerprint density at radius 3 is 2.57 bits per heavy atom. The van der Waals surface area contributed by atoms with Gasteiger partial charge in [0.1, 0.15) is 0 Å². The molecule has 0 bridgehead atoms. The largest absolute Gasteiger partial charge is 0.352 e. The molecule has 0 atom stereocenters. The minimum absolute atomic E-state index is 0.0472. The Hall–Kier alpha value is -3.21. The third-order valence-electron chi connectivity index (χ3n) is 5.36. The summed E-state index contributed by atoms with van der Waals surface area (Å²) < 4.78 is 0. The van der Waals surface area contributed by atoms with E-state index in [1.165, 1.54) is 0 Å². The smallest absolute Gasteiger partial charge is 0.254 e. The molecule has 1 aliphatic heterocycles. The number of rotatable bonds is 4. The summed E-state index contributed by atoms with van der Waals surface area (Å²) in [6, 6.07) is 17.6. The number of aromatic nitrogens is 1. The van der Waals surface area contributed by atoms with Gasteiger partial charge in [0.25, 0.3) is 5.91 Å². The first kappa shape index (κ1) is 18.2. The number of benzene rings is 2. The molecule has 0 aliphatic carbocycles. The minimum Gasteiger partial charge on any atom is -0.352 e. The quantitative estimate of drug-likeness (QED) is 0.762.